The van der Waals surface area contributed by atoms with Crippen LogP contribution < -0.4 is 0 Å². The zero-order valence-corrected chi connectivity index (χ0v) is 17.8. The first-order valence-corrected chi connectivity index (χ1v) is 10.9. The molecule has 3 nitrogen and oxygen atoms in total. The van der Waals surface area contributed by atoms with E-state index in [0.717, 1.165) is 39.0 Å². The van der Waals surface area contributed by atoms with Gasteiger partial charge >= 0.3 is 0 Å². The smallest absolute Gasteiger partial charge is 0.227 e. The summed E-state index contributed by atoms with van der Waals surface area (Å²) in [5, 5.41) is 1.02. The van der Waals surface area contributed by atoms with Gasteiger partial charge in [-0.05, 0) is 23.3 Å². The molecule has 4 aromatic carbocycles. The average molecular weight is 425 g/mol. The maximum atomic E-state index is 6.26. The summed E-state index contributed by atoms with van der Waals surface area (Å²) in [5.41, 5.74) is 7.18. The molecular weight excluding hydrogens is 404 g/mol. The molecule has 6 rings (SSSR count). The summed E-state index contributed by atoms with van der Waals surface area (Å²) < 4.78 is 6.26. The van der Waals surface area contributed by atoms with Crippen LogP contribution in [0.15, 0.2) is 126 Å². The zero-order chi connectivity index (χ0) is 22.0. The molecule has 6 aromatic rings. The van der Waals surface area contributed by atoms with Crippen LogP contribution in [-0.4, -0.2) is 9.97 Å². The highest BCUT2D eigenvalue weighted by atomic mass is 16.4. The fourth-order valence-electron chi connectivity index (χ4n) is 4.10. The number of benzene rings is 4. The second-order valence-corrected chi connectivity index (χ2v) is 7.91. The van der Waals surface area contributed by atoms with Crippen LogP contribution in [0.2, 0.25) is 0 Å². The van der Waals surface area contributed by atoms with E-state index in [1.807, 2.05) is 42.5 Å². The number of oxazole rings is 1. The van der Waals surface area contributed by atoms with Crippen LogP contribution in [0, 0.1) is 0 Å². The van der Waals surface area contributed by atoms with Gasteiger partial charge in [-0.1, -0.05) is 103 Å². The lowest BCUT2D eigenvalue weighted by Gasteiger charge is -2.08. The predicted octanol–water partition coefficient (Wildman–Crippen LogP) is 7.89. The Morgan fingerprint density at radius 1 is 0.545 bits per heavy atom. The van der Waals surface area contributed by atoms with Gasteiger partial charge in [-0.25, -0.2) is 9.97 Å². The minimum Gasteiger partial charge on any atom is -0.436 e. The minimum absolute atomic E-state index is 0.591. The second-order valence-electron chi connectivity index (χ2n) is 7.91. The lowest BCUT2D eigenvalue weighted by molar-refractivity contribution is 0.589. The van der Waals surface area contributed by atoms with Gasteiger partial charge in [0.05, 0.1) is 17.4 Å². The molecule has 156 valence electrons. The second kappa shape index (κ2) is 8.21. The molecule has 2 heterocycles. The summed E-state index contributed by atoms with van der Waals surface area (Å²) >= 11 is 0. The van der Waals surface area contributed by atoms with E-state index in [1.54, 1.807) is 6.20 Å². The summed E-state index contributed by atoms with van der Waals surface area (Å²) in [6, 6.07) is 39.1. The van der Waals surface area contributed by atoms with Crippen molar-refractivity contribution in [2.24, 2.45) is 0 Å². The third-order valence-electron chi connectivity index (χ3n) is 5.80. The van der Waals surface area contributed by atoms with Crippen molar-refractivity contribution in [3.05, 3.63) is 121 Å². The van der Waals surface area contributed by atoms with Crippen LogP contribution in [-0.2, 0) is 0 Å². The van der Waals surface area contributed by atoms with Crippen LogP contribution in [0.5, 0.6) is 0 Å². The molecule has 33 heavy (non-hydrogen) atoms. The maximum absolute atomic E-state index is 6.26. The lowest BCUT2D eigenvalue weighted by Crippen LogP contribution is -1.89. The molecule has 0 radical (unpaired) electrons. The van der Waals surface area contributed by atoms with Gasteiger partial charge in [-0.3, -0.25) is 0 Å². The van der Waals surface area contributed by atoms with Gasteiger partial charge in [0.15, 0.2) is 5.76 Å². The van der Waals surface area contributed by atoms with Gasteiger partial charge in [-0.2, -0.15) is 0 Å². The number of pyridine rings is 1. The van der Waals surface area contributed by atoms with E-state index in [2.05, 4.69) is 77.8 Å². The molecule has 0 aliphatic rings. The van der Waals surface area contributed by atoms with Gasteiger partial charge in [0.25, 0.3) is 0 Å². The maximum Gasteiger partial charge on any atom is 0.227 e. The van der Waals surface area contributed by atoms with Crippen molar-refractivity contribution >= 4 is 10.9 Å². The van der Waals surface area contributed by atoms with Crippen molar-refractivity contribution in [1.29, 1.82) is 0 Å². The highest BCUT2D eigenvalue weighted by Gasteiger charge is 2.15. The molecule has 0 fully saturated rings. The van der Waals surface area contributed by atoms with Crippen LogP contribution in [0.1, 0.15) is 0 Å². The third-order valence-corrected chi connectivity index (χ3v) is 5.80. The van der Waals surface area contributed by atoms with Gasteiger partial charge < -0.3 is 4.42 Å². The Morgan fingerprint density at radius 2 is 1.15 bits per heavy atom. The van der Waals surface area contributed by atoms with Crippen LogP contribution in [0.4, 0.5) is 0 Å². The standard InChI is InChI=1S/C30H20N2O/c1-3-9-21(10-4-1)22-15-17-24(18-16-22)29-20-31-30(33-29)26-19-28(23-11-5-2-6-12-23)32-27-14-8-7-13-25(26)27/h1-20H. The number of rotatable bonds is 4. The number of hydrogen-bond acceptors (Lipinski definition) is 3. The van der Waals surface area contributed by atoms with E-state index in [0.29, 0.717) is 5.89 Å². The van der Waals surface area contributed by atoms with E-state index >= 15 is 0 Å². The van der Waals surface area contributed by atoms with E-state index in [4.69, 9.17) is 9.40 Å². The molecule has 0 saturated carbocycles. The lowest BCUT2D eigenvalue weighted by atomic mass is 10.0. The Morgan fingerprint density at radius 3 is 1.91 bits per heavy atom. The highest BCUT2D eigenvalue weighted by molar-refractivity contribution is 5.94. The largest absolute Gasteiger partial charge is 0.436 e. The summed E-state index contributed by atoms with van der Waals surface area (Å²) in [4.78, 5) is 9.50. The molecular formula is C30H20N2O. The van der Waals surface area contributed by atoms with Crippen LogP contribution in [0.3, 0.4) is 0 Å². The Labute approximate surface area is 192 Å². The number of fused-ring (bicyclic) bond motifs is 1. The minimum atomic E-state index is 0.591. The van der Waals surface area contributed by atoms with Crippen molar-refractivity contribution in [2.75, 3.05) is 0 Å². The molecule has 0 aliphatic heterocycles. The van der Waals surface area contributed by atoms with E-state index < -0.39 is 0 Å². The molecule has 2 aromatic heterocycles. The first kappa shape index (κ1) is 19.2. The monoisotopic (exact) mass is 424 g/mol. The SMILES string of the molecule is c1ccc(-c2ccc(-c3cnc(-c4cc(-c5ccccc5)nc5ccccc45)o3)cc2)cc1. The predicted molar refractivity (Wildman–Crippen MR) is 134 cm³/mol. The van der Waals surface area contributed by atoms with Gasteiger partial charge in [0.1, 0.15) is 0 Å². The Balaban J connectivity index is 1.41. The quantitative estimate of drug-likeness (QED) is 0.289. The molecule has 0 N–H and O–H groups in total. The molecule has 0 spiro atoms. The molecule has 0 bridgehead atoms. The fourth-order valence-corrected chi connectivity index (χ4v) is 4.10. The summed E-state index contributed by atoms with van der Waals surface area (Å²) in [6.45, 7) is 0. The van der Waals surface area contributed by atoms with Crippen molar-refractivity contribution in [1.82, 2.24) is 9.97 Å². The first-order chi connectivity index (χ1) is 16.3. The van der Waals surface area contributed by atoms with Crippen molar-refractivity contribution in [3.8, 4) is 45.2 Å². The summed E-state index contributed by atoms with van der Waals surface area (Å²) in [5.74, 6) is 1.33. The molecule has 0 amide bonds. The molecule has 0 atom stereocenters. The zero-order valence-electron chi connectivity index (χ0n) is 17.8. The normalized spacial score (nSPS) is 11.0. The number of hydrogen-bond donors (Lipinski definition) is 0. The van der Waals surface area contributed by atoms with Gasteiger partial charge in [0, 0.05) is 22.1 Å². The van der Waals surface area contributed by atoms with Crippen molar-refractivity contribution in [2.45, 2.75) is 0 Å². The van der Waals surface area contributed by atoms with Crippen LogP contribution >= 0.6 is 0 Å². The third kappa shape index (κ3) is 3.70. The van der Waals surface area contributed by atoms with E-state index in [9.17, 15) is 0 Å². The van der Waals surface area contributed by atoms with Gasteiger partial charge in [0.2, 0.25) is 5.89 Å². The van der Waals surface area contributed by atoms with Crippen LogP contribution in [0.25, 0.3) is 56.1 Å². The van der Waals surface area contributed by atoms with E-state index in [-0.39, 0.29) is 0 Å². The van der Waals surface area contributed by atoms with Crippen molar-refractivity contribution < 1.29 is 4.42 Å². The summed E-state index contributed by atoms with van der Waals surface area (Å²) in [6.07, 6.45) is 1.80. The number of para-hydroxylation sites is 1. The van der Waals surface area contributed by atoms with E-state index in [1.165, 1.54) is 11.1 Å². The molecule has 3 heteroatoms. The first-order valence-electron chi connectivity index (χ1n) is 10.9. The van der Waals surface area contributed by atoms with Crippen molar-refractivity contribution in [3.63, 3.8) is 0 Å². The molecule has 0 aliphatic carbocycles. The number of aromatic nitrogens is 2. The fraction of sp³-hybridized carbons (Fsp3) is 0. The Bertz CT molecular complexity index is 1540. The average Bonchev–Trinajstić information content (AvgIpc) is 3.39. The molecule has 0 saturated heterocycles. The highest BCUT2D eigenvalue weighted by Crippen LogP contribution is 2.34. The molecule has 0 unspecified atom stereocenters. The Hall–Kier alpha value is -4.50. The van der Waals surface area contributed by atoms with Gasteiger partial charge in [-0.15, -0.1) is 0 Å². The number of nitrogens with zero attached hydrogens (tertiary/aromatic N) is 2. The topological polar surface area (TPSA) is 38.9 Å². The summed E-state index contributed by atoms with van der Waals surface area (Å²) in [7, 11) is 0. The Kier molecular flexibility index (Phi) is 4.78.